The molecule has 0 fully saturated rings. The maximum Gasteiger partial charge on any atom is 0.408 e. The predicted octanol–water partition coefficient (Wildman–Crippen LogP) is 3.15. The molecule has 108 valence electrons. The Hall–Kier alpha value is -2.69. The largest absolute Gasteiger partial charge is 0.445 e. The minimum absolute atomic E-state index is 0.0503. The van der Waals surface area contributed by atoms with E-state index in [0.717, 1.165) is 5.56 Å². The maximum absolute atomic E-state index is 13.1. The lowest BCUT2D eigenvalue weighted by Gasteiger charge is -2.14. The molecule has 0 heterocycles. The molecule has 0 spiro atoms. The molecule has 0 saturated carbocycles. The van der Waals surface area contributed by atoms with Gasteiger partial charge in [0.15, 0.2) is 0 Å². The Morgan fingerprint density at radius 3 is 2.14 bits per heavy atom. The summed E-state index contributed by atoms with van der Waals surface area (Å²) in [6, 6.07) is 14.2. The minimum atomic E-state index is -1.64. The van der Waals surface area contributed by atoms with Gasteiger partial charge in [-0.3, -0.25) is 4.79 Å². The van der Waals surface area contributed by atoms with Crippen LogP contribution in [0.2, 0.25) is 0 Å². The second-order valence-electron chi connectivity index (χ2n) is 4.35. The van der Waals surface area contributed by atoms with Gasteiger partial charge in [-0.25, -0.2) is 4.79 Å². The first-order valence-electron chi connectivity index (χ1n) is 6.38. The summed E-state index contributed by atoms with van der Waals surface area (Å²) < 4.78 is 18.0. The first kappa shape index (κ1) is 14.7. The van der Waals surface area contributed by atoms with E-state index < -0.39 is 18.2 Å². The highest BCUT2D eigenvalue weighted by Gasteiger charge is 2.22. The van der Waals surface area contributed by atoms with E-state index in [2.05, 4.69) is 5.32 Å². The van der Waals surface area contributed by atoms with Gasteiger partial charge in [0.2, 0.25) is 0 Å². The molecule has 1 N–H and O–H groups in total. The summed E-state index contributed by atoms with van der Waals surface area (Å²) in [5.74, 6) is 0. The molecule has 21 heavy (non-hydrogen) atoms. The van der Waals surface area contributed by atoms with Crippen LogP contribution in [0.1, 0.15) is 17.2 Å². The van der Waals surface area contributed by atoms with Gasteiger partial charge in [-0.05, 0) is 11.1 Å². The van der Waals surface area contributed by atoms with Crippen molar-refractivity contribution in [3.8, 4) is 0 Å². The number of amides is 1. The molecular weight excluding hydrogens is 273 g/mol. The lowest BCUT2D eigenvalue weighted by atomic mass is 10.1. The third-order valence-corrected chi connectivity index (χ3v) is 2.83. The average molecular weight is 287 g/mol. The SMILES string of the molecule is O=C(N[C@@H](C(=O)F)c1ccccc1)OCc1ccccc1. The Balaban J connectivity index is 1.95. The highest BCUT2D eigenvalue weighted by molar-refractivity contribution is 5.81. The smallest absolute Gasteiger partial charge is 0.408 e. The Labute approximate surface area is 121 Å². The number of carbonyl (C=O) groups is 2. The van der Waals surface area contributed by atoms with Crippen molar-refractivity contribution in [3.05, 3.63) is 71.8 Å². The lowest BCUT2D eigenvalue weighted by molar-refractivity contribution is -0.131. The van der Waals surface area contributed by atoms with Gasteiger partial charge in [0.05, 0.1) is 0 Å². The molecule has 0 bridgehead atoms. The normalized spacial score (nSPS) is 11.5. The first-order valence-corrected chi connectivity index (χ1v) is 6.38. The number of carbonyl (C=O) groups excluding carboxylic acids is 2. The quantitative estimate of drug-likeness (QED) is 0.859. The summed E-state index contributed by atoms with van der Waals surface area (Å²) >= 11 is 0. The van der Waals surface area contributed by atoms with Gasteiger partial charge in [0.25, 0.3) is 0 Å². The molecule has 1 atom stereocenters. The van der Waals surface area contributed by atoms with Crippen molar-refractivity contribution in [2.24, 2.45) is 0 Å². The highest BCUT2D eigenvalue weighted by atomic mass is 19.1. The van der Waals surface area contributed by atoms with Crippen LogP contribution >= 0.6 is 0 Å². The fraction of sp³-hybridized carbons (Fsp3) is 0.125. The molecule has 0 aromatic heterocycles. The molecule has 1 amide bonds. The van der Waals surface area contributed by atoms with Crippen molar-refractivity contribution in [2.45, 2.75) is 12.6 Å². The summed E-state index contributed by atoms with van der Waals surface area (Å²) in [4.78, 5) is 22.7. The summed E-state index contributed by atoms with van der Waals surface area (Å²) in [6.45, 7) is 0.0503. The third kappa shape index (κ3) is 4.42. The van der Waals surface area contributed by atoms with Crippen molar-refractivity contribution in [3.63, 3.8) is 0 Å². The van der Waals surface area contributed by atoms with Crippen LogP contribution in [-0.2, 0) is 16.1 Å². The molecule has 0 aliphatic rings. The fourth-order valence-electron chi connectivity index (χ4n) is 1.80. The molecule has 2 aromatic rings. The number of nitrogens with one attached hydrogen (secondary N) is 1. The zero-order valence-corrected chi connectivity index (χ0v) is 11.2. The standard InChI is InChI=1S/C16H14FNO3/c17-15(19)14(13-9-5-2-6-10-13)18-16(20)21-11-12-7-3-1-4-8-12/h1-10,14H,11H2,(H,18,20)/t14-/m1/s1. The van der Waals surface area contributed by atoms with Gasteiger partial charge in [0.1, 0.15) is 12.6 Å². The molecule has 0 saturated heterocycles. The Bertz CT molecular complexity index is 601. The lowest BCUT2D eigenvalue weighted by Crippen LogP contribution is -2.32. The zero-order chi connectivity index (χ0) is 15.1. The van der Waals surface area contributed by atoms with Crippen LogP contribution in [-0.4, -0.2) is 12.1 Å². The number of halogens is 1. The number of alkyl carbamates (subject to hydrolysis) is 1. The Morgan fingerprint density at radius 1 is 1.00 bits per heavy atom. The van der Waals surface area contributed by atoms with Crippen LogP contribution in [0.5, 0.6) is 0 Å². The van der Waals surface area contributed by atoms with Crippen molar-refractivity contribution in [1.82, 2.24) is 5.32 Å². The number of ether oxygens (including phenoxy) is 1. The molecule has 5 heteroatoms. The monoisotopic (exact) mass is 287 g/mol. The molecule has 0 aliphatic carbocycles. The number of hydrogen-bond donors (Lipinski definition) is 1. The summed E-state index contributed by atoms with van der Waals surface area (Å²) in [5, 5.41) is 2.22. The molecule has 2 rings (SSSR count). The fourth-order valence-corrected chi connectivity index (χ4v) is 1.80. The van der Waals surface area contributed by atoms with Crippen LogP contribution in [0.3, 0.4) is 0 Å². The van der Waals surface area contributed by atoms with E-state index in [1.54, 1.807) is 42.5 Å². The van der Waals surface area contributed by atoms with Crippen molar-refractivity contribution >= 4 is 12.1 Å². The van der Waals surface area contributed by atoms with E-state index in [4.69, 9.17) is 4.74 Å². The Kier molecular flexibility index (Phi) is 5.04. The van der Waals surface area contributed by atoms with E-state index in [1.807, 2.05) is 18.2 Å². The van der Waals surface area contributed by atoms with Gasteiger partial charge < -0.3 is 10.1 Å². The average Bonchev–Trinajstić information content (AvgIpc) is 2.52. The molecule has 4 nitrogen and oxygen atoms in total. The maximum atomic E-state index is 13.1. The van der Waals surface area contributed by atoms with E-state index in [9.17, 15) is 14.0 Å². The van der Waals surface area contributed by atoms with E-state index in [1.165, 1.54) is 0 Å². The van der Waals surface area contributed by atoms with Crippen LogP contribution < -0.4 is 5.32 Å². The van der Waals surface area contributed by atoms with Gasteiger partial charge >= 0.3 is 12.1 Å². The summed E-state index contributed by atoms with van der Waals surface area (Å²) in [7, 11) is 0. The Morgan fingerprint density at radius 2 is 1.57 bits per heavy atom. The van der Waals surface area contributed by atoms with E-state index in [0.29, 0.717) is 5.56 Å². The second-order valence-corrected chi connectivity index (χ2v) is 4.35. The second kappa shape index (κ2) is 7.19. The van der Waals surface area contributed by atoms with Crippen molar-refractivity contribution < 1.29 is 18.7 Å². The predicted molar refractivity (Wildman–Crippen MR) is 75.1 cm³/mol. The number of hydrogen-bond acceptors (Lipinski definition) is 3. The highest BCUT2D eigenvalue weighted by Crippen LogP contribution is 2.14. The minimum Gasteiger partial charge on any atom is -0.445 e. The van der Waals surface area contributed by atoms with E-state index in [-0.39, 0.29) is 6.61 Å². The van der Waals surface area contributed by atoms with Crippen LogP contribution in [0.4, 0.5) is 9.18 Å². The third-order valence-electron chi connectivity index (χ3n) is 2.83. The number of rotatable bonds is 5. The summed E-state index contributed by atoms with van der Waals surface area (Å²) in [6.07, 6.45) is -0.848. The van der Waals surface area contributed by atoms with Crippen LogP contribution in [0.15, 0.2) is 60.7 Å². The van der Waals surface area contributed by atoms with Crippen LogP contribution in [0.25, 0.3) is 0 Å². The molecule has 0 unspecified atom stereocenters. The van der Waals surface area contributed by atoms with Gasteiger partial charge in [-0.15, -0.1) is 0 Å². The topological polar surface area (TPSA) is 55.4 Å². The molecule has 0 aliphatic heterocycles. The number of benzene rings is 2. The van der Waals surface area contributed by atoms with Gasteiger partial charge in [-0.1, -0.05) is 60.7 Å². The van der Waals surface area contributed by atoms with Crippen molar-refractivity contribution in [2.75, 3.05) is 0 Å². The van der Waals surface area contributed by atoms with Crippen LogP contribution in [0, 0.1) is 0 Å². The first-order chi connectivity index (χ1) is 10.2. The molecule has 0 radical (unpaired) electrons. The molecular formula is C16H14FNO3. The van der Waals surface area contributed by atoms with Crippen molar-refractivity contribution in [1.29, 1.82) is 0 Å². The van der Waals surface area contributed by atoms with Gasteiger partial charge in [0, 0.05) is 0 Å². The van der Waals surface area contributed by atoms with E-state index >= 15 is 0 Å². The molecule has 2 aromatic carbocycles. The van der Waals surface area contributed by atoms with Gasteiger partial charge in [-0.2, -0.15) is 4.39 Å². The zero-order valence-electron chi connectivity index (χ0n) is 11.2. The summed E-state index contributed by atoms with van der Waals surface area (Å²) in [5.41, 5.74) is 1.16.